The Kier molecular flexibility index (Phi) is 5.32. The molecule has 0 bridgehead atoms. The smallest absolute Gasteiger partial charge is 0.137 e. The van der Waals surface area contributed by atoms with E-state index in [1.54, 1.807) is 13.4 Å². The predicted molar refractivity (Wildman–Crippen MR) is 132 cm³/mol. The van der Waals surface area contributed by atoms with Gasteiger partial charge in [0.25, 0.3) is 0 Å². The molecule has 0 saturated carbocycles. The molecule has 0 N–H and O–H groups in total. The van der Waals surface area contributed by atoms with Gasteiger partial charge in [0, 0.05) is 0 Å². The average Bonchev–Trinajstić information content (AvgIpc) is 3.32. The van der Waals surface area contributed by atoms with Crippen LogP contribution in [-0.4, -0.2) is 7.11 Å². The fourth-order valence-corrected chi connectivity index (χ4v) is 8.61. The molecule has 0 amide bonds. The molecule has 5 aromatic rings. The van der Waals surface area contributed by atoms with Gasteiger partial charge in [-0.05, 0) is 60.2 Å². The maximum Gasteiger partial charge on any atom is 0.137 e. The number of furan rings is 1. The van der Waals surface area contributed by atoms with Crippen LogP contribution in [0.4, 0.5) is 0 Å². The third-order valence-electron chi connectivity index (χ3n) is 5.82. The van der Waals surface area contributed by atoms with Gasteiger partial charge in [-0.25, -0.2) is 0 Å². The van der Waals surface area contributed by atoms with E-state index in [1.165, 1.54) is 21.5 Å². The summed E-state index contributed by atoms with van der Waals surface area (Å²) in [7, 11) is -0.240. The summed E-state index contributed by atoms with van der Waals surface area (Å²) in [6.07, 6.45) is 2.61. The summed E-state index contributed by atoms with van der Waals surface area (Å²) < 4.78 is 11.5. The summed E-state index contributed by atoms with van der Waals surface area (Å²) in [6, 6.07) is 39.1. The van der Waals surface area contributed by atoms with E-state index in [-0.39, 0.29) is 0 Å². The van der Waals surface area contributed by atoms with Crippen LogP contribution in [-0.2, 0) is 6.16 Å². The van der Waals surface area contributed by atoms with Gasteiger partial charge in [-0.1, -0.05) is 54.6 Å². The molecule has 0 spiro atoms. The van der Waals surface area contributed by atoms with Crippen molar-refractivity contribution in [1.82, 2.24) is 0 Å². The minimum Gasteiger partial charge on any atom is -0.496 e. The van der Waals surface area contributed by atoms with E-state index >= 15 is 0 Å². The fourth-order valence-electron chi connectivity index (χ4n) is 4.40. The van der Waals surface area contributed by atoms with Crippen LogP contribution in [0.2, 0.25) is 0 Å². The molecule has 31 heavy (non-hydrogen) atoms. The third kappa shape index (κ3) is 3.54. The van der Waals surface area contributed by atoms with Crippen LogP contribution in [0.1, 0.15) is 5.56 Å². The van der Waals surface area contributed by atoms with Crippen LogP contribution in [0.5, 0.6) is 5.75 Å². The molecule has 1 heterocycles. The second-order valence-electron chi connectivity index (χ2n) is 7.61. The second-order valence-corrected chi connectivity index (χ2v) is 11.1. The van der Waals surface area contributed by atoms with Crippen LogP contribution in [0.15, 0.2) is 120 Å². The topological polar surface area (TPSA) is 22.4 Å². The molecule has 0 fully saturated rings. The van der Waals surface area contributed by atoms with Crippen molar-refractivity contribution in [3.63, 3.8) is 0 Å². The van der Waals surface area contributed by atoms with Gasteiger partial charge >= 0.3 is 0 Å². The van der Waals surface area contributed by atoms with Crippen LogP contribution in [0.3, 0.4) is 0 Å². The van der Waals surface area contributed by atoms with Crippen molar-refractivity contribution >= 4 is 34.1 Å². The molecule has 1 aromatic heterocycles. The monoisotopic (exact) mass is 423 g/mol. The molecule has 4 aromatic carbocycles. The summed E-state index contributed by atoms with van der Waals surface area (Å²) in [5.74, 6) is 0.855. The highest BCUT2D eigenvalue weighted by molar-refractivity contribution is 7.95. The number of fused-ring (bicyclic) bond motifs is 1. The molecule has 0 unspecified atom stereocenters. The van der Waals surface area contributed by atoms with E-state index in [0.717, 1.165) is 22.9 Å². The van der Waals surface area contributed by atoms with Crippen molar-refractivity contribution < 1.29 is 9.15 Å². The van der Waals surface area contributed by atoms with Crippen molar-refractivity contribution in [2.75, 3.05) is 7.11 Å². The first-order valence-electron chi connectivity index (χ1n) is 10.4. The number of hydrogen-bond donors (Lipinski definition) is 0. The Bertz CT molecular complexity index is 1180. The quantitative estimate of drug-likeness (QED) is 0.316. The van der Waals surface area contributed by atoms with Crippen molar-refractivity contribution in [3.05, 3.63) is 121 Å². The molecule has 0 atom stereocenters. The lowest BCUT2D eigenvalue weighted by molar-refractivity contribution is 0.419. The summed E-state index contributed by atoms with van der Waals surface area (Å²) >= 11 is 0. The Hall–Kier alpha value is -3.35. The molecule has 0 saturated heterocycles. The van der Waals surface area contributed by atoms with Crippen LogP contribution in [0, 0.1) is 0 Å². The average molecular weight is 423 g/mol. The largest absolute Gasteiger partial charge is 0.496 e. The minimum atomic E-state index is -1.96. The zero-order valence-electron chi connectivity index (χ0n) is 17.4. The van der Waals surface area contributed by atoms with E-state index in [9.17, 15) is 0 Å². The number of benzene rings is 4. The van der Waals surface area contributed by atoms with E-state index in [0.29, 0.717) is 0 Å². The number of rotatable bonds is 6. The van der Waals surface area contributed by atoms with E-state index < -0.39 is 7.26 Å². The van der Waals surface area contributed by atoms with Gasteiger partial charge in [0.15, 0.2) is 0 Å². The molecule has 0 aliphatic rings. The lowest BCUT2D eigenvalue weighted by Gasteiger charge is -2.28. The van der Waals surface area contributed by atoms with Gasteiger partial charge in [-0.15, -0.1) is 0 Å². The number of ether oxygens (including phenoxy) is 1. The van der Waals surface area contributed by atoms with Crippen LogP contribution >= 0.6 is 7.26 Å². The molecule has 0 radical (unpaired) electrons. The zero-order chi connectivity index (χ0) is 21.1. The highest BCUT2D eigenvalue weighted by atomic mass is 31.2. The van der Waals surface area contributed by atoms with Crippen molar-refractivity contribution in [2.24, 2.45) is 0 Å². The summed E-state index contributed by atoms with van der Waals surface area (Å²) in [5, 5.41) is 5.11. The first kappa shape index (κ1) is 19.6. The molecular weight excluding hydrogens is 399 g/mol. The van der Waals surface area contributed by atoms with Gasteiger partial charge in [-0.3, -0.25) is 0 Å². The fraction of sp³-hybridized carbons (Fsp3) is 0.0714. The highest BCUT2D eigenvalue weighted by Crippen LogP contribution is 2.58. The second kappa shape index (κ2) is 8.41. The molecular formula is C28H24O2P+. The molecule has 0 aliphatic carbocycles. The zero-order valence-corrected chi connectivity index (χ0v) is 18.3. The highest BCUT2D eigenvalue weighted by Gasteiger charge is 2.45. The van der Waals surface area contributed by atoms with Crippen molar-refractivity contribution in [3.8, 4) is 5.75 Å². The molecule has 2 nitrogen and oxygen atoms in total. The first-order valence-corrected chi connectivity index (χ1v) is 12.4. The van der Waals surface area contributed by atoms with E-state index in [2.05, 4.69) is 103 Å². The Morgan fingerprint density at radius 3 is 1.68 bits per heavy atom. The van der Waals surface area contributed by atoms with E-state index in [4.69, 9.17) is 9.15 Å². The Morgan fingerprint density at radius 1 is 0.677 bits per heavy atom. The lowest BCUT2D eigenvalue weighted by atomic mass is 10.2. The SMILES string of the molecule is COc1cc(C[P+](c2ccccc2)(c2ccccc2)c2ccccc2)cc2occc12. The van der Waals surface area contributed by atoms with E-state index in [1.807, 2.05) is 6.07 Å². The minimum absolute atomic E-state index is 0.855. The van der Waals surface area contributed by atoms with Gasteiger partial charge in [0.05, 0.1) is 24.9 Å². The number of hydrogen-bond acceptors (Lipinski definition) is 2. The van der Waals surface area contributed by atoms with Gasteiger partial charge in [0.1, 0.15) is 34.5 Å². The predicted octanol–water partition coefficient (Wildman–Crippen LogP) is 5.94. The van der Waals surface area contributed by atoms with Gasteiger partial charge in [0.2, 0.25) is 0 Å². The lowest BCUT2D eigenvalue weighted by Crippen LogP contribution is -2.32. The maximum absolute atomic E-state index is 5.77. The molecule has 152 valence electrons. The van der Waals surface area contributed by atoms with Crippen LogP contribution < -0.4 is 20.7 Å². The number of methoxy groups -OCH3 is 1. The van der Waals surface area contributed by atoms with Crippen molar-refractivity contribution in [1.29, 1.82) is 0 Å². The third-order valence-corrected chi connectivity index (χ3v) is 10.2. The normalized spacial score (nSPS) is 11.5. The summed E-state index contributed by atoms with van der Waals surface area (Å²) in [4.78, 5) is 0. The van der Waals surface area contributed by atoms with Gasteiger partial charge in [-0.2, -0.15) is 0 Å². The molecule has 0 aliphatic heterocycles. The maximum atomic E-state index is 5.77. The Morgan fingerprint density at radius 2 is 1.19 bits per heavy atom. The summed E-state index contributed by atoms with van der Waals surface area (Å²) in [5.41, 5.74) is 2.07. The van der Waals surface area contributed by atoms with Crippen LogP contribution in [0.25, 0.3) is 11.0 Å². The van der Waals surface area contributed by atoms with Crippen molar-refractivity contribution in [2.45, 2.75) is 6.16 Å². The molecule has 5 rings (SSSR count). The first-order chi connectivity index (χ1) is 15.3. The Labute approximate surface area is 183 Å². The standard InChI is InChI=1S/C28H24O2P/c1-29-27-19-22(20-28-26(27)17-18-30-28)21-31(23-11-5-2-6-12-23,24-13-7-3-8-14-24)25-15-9-4-10-16-25/h2-20H,21H2,1H3/q+1. The molecule has 3 heteroatoms. The van der Waals surface area contributed by atoms with Gasteiger partial charge < -0.3 is 9.15 Å². The Balaban J connectivity index is 1.78. The summed E-state index contributed by atoms with van der Waals surface area (Å²) in [6.45, 7) is 0.